The lowest BCUT2D eigenvalue weighted by Crippen LogP contribution is -2.25. The minimum Gasteiger partial charge on any atom is -0.348 e. The molecule has 2 aromatic heterocycles. The summed E-state index contributed by atoms with van der Waals surface area (Å²) in [5.74, 6) is 1.35. The number of fused-ring (bicyclic) bond motifs is 1. The Bertz CT molecular complexity index is 821. The van der Waals surface area contributed by atoms with Crippen molar-refractivity contribution in [1.82, 2.24) is 19.9 Å². The lowest BCUT2D eigenvalue weighted by atomic mass is 10.0. The fraction of sp³-hybridized carbons (Fsp3) is 0.316. The van der Waals surface area contributed by atoms with Crippen molar-refractivity contribution < 1.29 is 4.79 Å². The van der Waals surface area contributed by atoms with Gasteiger partial charge in [0.1, 0.15) is 0 Å². The monoisotopic (exact) mass is 322 g/mol. The van der Waals surface area contributed by atoms with Crippen LogP contribution in [0.15, 0.2) is 48.7 Å². The third-order valence-corrected chi connectivity index (χ3v) is 3.86. The molecule has 0 saturated carbocycles. The molecule has 2 heterocycles. The third kappa shape index (κ3) is 3.98. The van der Waals surface area contributed by atoms with Gasteiger partial charge in [0.15, 0.2) is 11.5 Å². The Hall–Kier alpha value is -2.69. The van der Waals surface area contributed by atoms with Gasteiger partial charge in [-0.1, -0.05) is 44.2 Å². The van der Waals surface area contributed by atoms with Crippen LogP contribution in [0.1, 0.15) is 30.8 Å². The molecule has 3 rings (SSSR count). The maximum absolute atomic E-state index is 12.1. The van der Waals surface area contributed by atoms with E-state index in [2.05, 4.69) is 41.5 Å². The van der Waals surface area contributed by atoms with Crippen molar-refractivity contribution in [2.45, 2.75) is 33.2 Å². The van der Waals surface area contributed by atoms with Crippen molar-refractivity contribution in [2.75, 3.05) is 0 Å². The summed E-state index contributed by atoms with van der Waals surface area (Å²) in [6.07, 6.45) is 3.33. The van der Waals surface area contributed by atoms with Crippen LogP contribution in [0.5, 0.6) is 0 Å². The number of hydrogen-bond donors (Lipinski definition) is 1. The second-order valence-corrected chi connectivity index (χ2v) is 6.41. The van der Waals surface area contributed by atoms with Gasteiger partial charge in [-0.15, -0.1) is 10.2 Å². The van der Waals surface area contributed by atoms with Crippen LogP contribution < -0.4 is 5.32 Å². The van der Waals surface area contributed by atoms with E-state index < -0.39 is 0 Å². The summed E-state index contributed by atoms with van der Waals surface area (Å²) in [7, 11) is 0. The number of pyridine rings is 1. The van der Waals surface area contributed by atoms with Crippen molar-refractivity contribution >= 4 is 11.6 Å². The summed E-state index contributed by atoms with van der Waals surface area (Å²) in [6.45, 7) is 4.78. The second kappa shape index (κ2) is 7.25. The fourth-order valence-corrected chi connectivity index (χ4v) is 2.70. The molecule has 0 spiro atoms. The number of nitrogens with zero attached hydrogens (tertiary/aromatic N) is 3. The van der Waals surface area contributed by atoms with Gasteiger partial charge in [-0.3, -0.25) is 9.20 Å². The molecule has 1 amide bonds. The quantitative estimate of drug-likeness (QED) is 0.759. The van der Waals surface area contributed by atoms with E-state index in [1.165, 1.54) is 5.56 Å². The molecule has 0 atom stereocenters. The van der Waals surface area contributed by atoms with Crippen molar-refractivity contribution in [2.24, 2.45) is 5.92 Å². The predicted molar refractivity (Wildman–Crippen MR) is 93.5 cm³/mol. The topological polar surface area (TPSA) is 59.3 Å². The van der Waals surface area contributed by atoms with E-state index in [1.807, 2.05) is 40.9 Å². The number of benzene rings is 1. The number of amides is 1. The minimum atomic E-state index is -0.0145. The molecule has 124 valence electrons. The van der Waals surface area contributed by atoms with E-state index in [0.29, 0.717) is 18.9 Å². The van der Waals surface area contributed by atoms with Gasteiger partial charge in [-0.25, -0.2) is 0 Å². The molecule has 0 bridgehead atoms. The molecular weight excluding hydrogens is 300 g/mol. The van der Waals surface area contributed by atoms with Gasteiger partial charge in [-0.2, -0.15) is 0 Å². The first-order valence-corrected chi connectivity index (χ1v) is 8.25. The number of aromatic nitrogens is 3. The minimum absolute atomic E-state index is 0.0145. The smallest absolute Gasteiger partial charge is 0.224 e. The summed E-state index contributed by atoms with van der Waals surface area (Å²) >= 11 is 0. The Morgan fingerprint density at radius 3 is 2.58 bits per heavy atom. The zero-order valence-corrected chi connectivity index (χ0v) is 14.1. The third-order valence-electron chi connectivity index (χ3n) is 3.86. The van der Waals surface area contributed by atoms with E-state index in [1.54, 1.807) is 0 Å². The summed E-state index contributed by atoms with van der Waals surface area (Å²) in [5.41, 5.74) is 3.11. The standard InChI is InChI=1S/C19H22N4O/c1-14(2)11-15-6-8-16(9-7-15)12-19(24)20-13-18-22-21-17-5-3-4-10-23(17)18/h3-10,14H,11-13H2,1-2H3,(H,20,24). The molecule has 0 aliphatic rings. The first-order chi connectivity index (χ1) is 11.6. The van der Waals surface area contributed by atoms with Crippen LogP contribution in [0.2, 0.25) is 0 Å². The molecule has 24 heavy (non-hydrogen) atoms. The maximum atomic E-state index is 12.1. The van der Waals surface area contributed by atoms with Crippen LogP contribution in [-0.4, -0.2) is 20.5 Å². The Kier molecular flexibility index (Phi) is 4.89. The van der Waals surface area contributed by atoms with E-state index in [-0.39, 0.29) is 5.91 Å². The zero-order valence-electron chi connectivity index (χ0n) is 14.1. The lowest BCUT2D eigenvalue weighted by molar-refractivity contribution is -0.120. The van der Waals surface area contributed by atoms with Crippen molar-refractivity contribution in [1.29, 1.82) is 0 Å². The highest BCUT2D eigenvalue weighted by molar-refractivity contribution is 5.78. The van der Waals surface area contributed by atoms with Crippen molar-refractivity contribution in [3.05, 3.63) is 65.6 Å². The molecule has 1 N–H and O–H groups in total. The highest BCUT2D eigenvalue weighted by Gasteiger charge is 2.08. The van der Waals surface area contributed by atoms with E-state index in [0.717, 1.165) is 23.5 Å². The predicted octanol–water partition coefficient (Wildman–Crippen LogP) is 2.79. The maximum Gasteiger partial charge on any atom is 0.224 e. The number of hydrogen-bond acceptors (Lipinski definition) is 3. The summed E-state index contributed by atoms with van der Waals surface area (Å²) < 4.78 is 1.88. The number of carbonyl (C=O) groups excluding carboxylic acids is 1. The highest BCUT2D eigenvalue weighted by atomic mass is 16.1. The van der Waals surface area contributed by atoms with Crippen LogP contribution in [0, 0.1) is 5.92 Å². The summed E-state index contributed by atoms with van der Waals surface area (Å²) in [5, 5.41) is 11.1. The SMILES string of the molecule is CC(C)Cc1ccc(CC(=O)NCc2nnc3ccccn23)cc1. The summed E-state index contributed by atoms with van der Waals surface area (Å²) in [4.78, 5) is 12.1. The summed E-state index contributed by atoms with van der Waals surface area (Å²) in [6, 6.07) is 14.0. The van der Waals surface area contributed by atoms with Gasteiger partial charge in [0, 0.05) is 6.20 Å². The molecule has 0 unspecified atom stereocenters. The van der Waals surface area contributed by atoms with Crippen LogP contribution in [-0.2, 0) is 24.2 Å². The molecular formula is C19H22N4O. The molecule has 5 nitrogen and oxygen atoms in total. The Balaban J connectivity index is 1.56. The number of nitrogens with one attached hydrogen (secondary N) is 1. The van der Waals surface area contributed by atoms with E-state index >= 15 is 0 Å². The van der Waals surface area contributed by atoms with Crippen molar-refractivity contribution in [3.8, 4) is 0 Å². The molecule has 0 aliphatic carbocycles. The fourth-order valence-electron chi connectivity index (χ4n) is 2.70. The lowest BCUT2D eigenvalue weighted by Gasteiger charge is -2.07. The molecule has 0 saturated heterocycles. The van der Waals surface area contributed by atoms with Crippen LogP contribution >= 0.6 is 0 Å². The Morgan fingerprint density at radius 1 is 1.08 bits per heavy atom. The zero-order chi connectivity index (χ0) is 16.9. The van der Waals surface area contributed by atoms with Gasteiger partial charge < -0.3 is 5.32 Å². The average Bonchev–Trinajstić information content (AvgIpc) is 2.98. The highest BCUT2D eigenvalue weighted by Crippen LogP contribution is 2.10. The van der Waals surface area contributed by atoms with Crippen LogP contribution in [0.25, 0.3) is 5.65 Å². The largest absolute Gasteiger partial charge is 0.348 e. The first-order valence-electron chi connectivity index (χ1n) is 8.25. The average molecular weight is 322 g/mol. The van der Waals surface area contributed by atoms with Gasteiger partial charge in [0.25, 0.3) is 0 Å². The van der Waals surface area contributed by atoms with Gasteiger partial charge >= 0.3 is 0 Å². The molecule has 3 aromatic rings. The Labute approximate surface area is 141 Å². The van der Waals surface area contributed by atoms with Crippen LogP contribution in [0.4, 0.5) is 0 Å². The second-order valence-electron chi connectivity index (χ2n) is 6.41. The molecule has 1 aromatic carbocycles. The molecule has 0 radical (unpaired) electrons. The first kappa shape index (κ1) is 16.2. The molecule has 0 aliphatic heterocycles. The Morgan fingerprint density at radius 2 is 1.83 bits per heavy atom. The molecule has 0 fully saturated rings. The van der Waals surface area contributed by atoms with E-state index in [9.17, 15) is 4.79 Å². The van der Waals surface area contributed by atoms with Gasteiger partial charge in [0.05, 0.1) is 13.0 Å². The van der Waals surface area contributed by atoms with Gasteiger partial charge in [0.2, 0.25) is 5.91 Å². The van der Waals surface area contributed by atoms with Crippen molar-refractivity contribution in [3.63, 3.8) is 0 Å². The number of rotatable bonds is 6. The van der Waals surface area contributed by atoms with Crippen LogP contribution in [0.3, 0.4) is 0 Å². The normalized spacial score (nSPS) is 11.1. The van der Waals surface area contributed by atoms with Gasteiger partial charge in [-0.05, 0) is 35.6 Å². The number of carbonyl (C=O) groups is 1. The molecule has 5 heteroatoms. The van der Waals surface area contributed by atoms with E-state index in [4.69, 9.17) is 0 Å².